The lowest BCUT2D eigenvalue weighted by molar-refractivity contribution is -0.0281. The van der Waals surface area contributed by atoms with Crippen molar-refractivity contribution < 1.29 is 9.63 Å². The Balaban J connectivity index is 1.37. The summed E-state index contributed by atoms with van der Waals surface area (Å²) in [4.78, 5) is 2.33. The number of aromatic nitrogens is 1. The molecule has 122 valence electrons. The molecule has 2 aromatic rings. The van der Waals surface area contributed by atoms with Gasteiger partial charge >= 0.3 is 0 Å². The molecule has 4 nitrogen and oxygen atoms in total. The highest BCUT2D eigenvalue weighted by molar-refractivity contribution is 6.30. The summed E-state index contributed by atoms with van der Waals surface area (Å²) in [5, 5.41) is 15.8. The molecular formula is C18H21ClN2O2. The molecule has 2 fully saturated rings. The van der Waals surface area contributed by atoms with E-state index in [1.54, 1.807) is 0 Å². The number of halogens is 1. The van der Waals surface area contributed by atoms with Gasteiger partial charge < -0.3 is 9.63 Å². The molecule has 1 aromatic heterocycles. The molecule has 1 saturated heterocycles. The number of likely N-dealkylation sites (tertiary alicyclic amines) is 1. The van der Waals surface area contributed by atoms with Gasteiger partial charge in [0.05, 0.1) is 11.3 Å². The molecule has 0 spiro atoms. The summed E-state index contributed by atoms with van der Waals surface area (Å²) in [5.74, 6) is 1.64. The van der Waals surface area contributed by atoms with Crippen LogP contribution in [0.3, 0.4) is 0 Å². The molecule has 2 aliphatic rings. The summed E-state index contributed by atoms with van der Waals surface area (Å²) >= 11 is 5.93. The number of piperidine rings is 1. The molecule has 5 heteroatoms. The molecule has 0 unspecified atom stereocenters. The topological polar surface area (TPSA) is 49.5 Å². The quantitative estimate of drug-likeness (QED) is 0.927. The molecule has 1 aromatic carbocycles. The van der Waals surface area contributed by atoms with Crippen molar-refractivity contribution in [3.63, 3.8) is 0 Å². The van der Waals surface area contributed by atoms with Crippen molar-refractivity contribution in [1.29, 1.82) is 0 Å². The second kappa shape index (κ2) is 5.93. The average molecular weight is 333 g/mol. The Labute approximate surface area is 141 Å². The maximum Gasteiger partial charge on any atom is 0.140 e. The predicted molar refractivity (Wildman–Crippen MR) is 88.3 cm³/mol. The van der Waals surface area contributed by atoms with Gasteiger partial charge in [0.1, 0.15) is 5.76 Å². The second-order valence-electron chi connectivity index (χ2n) is 6.81. The van der Waals surface area contributed by atoms with E-state index in [9.17, 15) is 5.11 Å². The summed E-state index contributed by atoms with van der Waals surface area (Å²) in [6.45, 7) is 2.50. The summed E-state index contributed by atoms with van der Waals surface area (Å²) in [6, 6.07) is 9.64. The van der Waals surface area contributed by atoms with Crippen molar-refractivity contribution >= 4 is 11.6 Å². The van der Waals surface area contributed by atoms with Crippen LogP contribution in [0.1, 0.15) is 48.6 Å². The third kappa shape index (κ3) is 3.30. The van der Waals surface area contributed by atoms with Gasteiger partial charge in [-0.15, -0.1) is 0 Å². The number of rotatable bonds is 4. The lowest BCUT2D eigenvalue weighted by Gasteiger charge is -2.38. The molecule has 0 radical (unpaired) electrons. The number of nitrogens with zero attached hydrogens (tertiary/aromatic N) is 2. The fourth-order valence-electron chi connectivity index (χ4n) is 3.32. The van der Waals surface area contributed by atoms with Crippen LogP contribution in [0.2, 0.25) is 5.02 Å². The summed E-state index contributed by atoms with van der Waals surface area (Å²) in [6.07, 6.45) is 3.91. The van der Waals surface area contributed by atoms with Crippen LogP contribution < -0.4 is 0 Å². The molecule has 23 heavy (non-hydrogen) atoms. The molecular weight excluding hydrogens is 312 g/mol. The molecule has 4 rings (SSSR count). The van der Waals surface area contributed by atoms with Gasteiger partial charge in [-0.3, -0.25) is 4.90 Å². The van der Waals surface area contributed by atoms with Gasteiger partial charge in [0.15, 0.2) is 0 Å². The van der Waals surface area contributed by atoms with E-state index < -0.39 is 5.60 Å². The van der Waals surface area contributed by atoms with Gasteiger partial charge in [0.2, 0.25) is 0 Å². The van der Waals surface area contributed by atoms with Crippen molar-refractivity contribution in [3.8, 4) is 0 Å². The zero-order valence-electron chi connectivity index (χ0n) is 13.0. The zero-order valence-corrected chi connectivity index (χ0v) is 13.8. The van der Waals surface area contributed by atoms with E-state index >= 15 is 0 Å². The van der Waals surface area contributed by atoms with Crippen LogP contribution in [0.5, 0.6) is 0 Å². The van der Waals surface area contributed by atoms with Crippen LogP contribution in [-0.4, -0.2) is 28.3 Å². The van der Waals surface area contributed by atoms with E-state index in [-0.39, 0.29) is 0 Å². The summed E-state index contributed by atoms with van der Waals surface area (Å²) in [7, 11) is 0. The molecule has 2 heterocycles. The monoisotopic (exact) mass is 332 g/mol. The number of hydrogen-bond donors (Lipinski definition) is 1. The van der Waals surface area contributed by atoms with Gasteiger partial charge in [0, 0.05) is 36.6 Å². The largest absolute Gasteiger partial charge is 0.385 e. The zero-order chi connectivity index (χ0) is 15.9. The third-order valence-corrected chi connectivity index (χ3v) is 5.26. The van der Waals surface area contributed by atoms with E-state index in [0.717, 1.165) is 49.5 Å². The molecule has 1 saturated carbocycles. The highest BCUT2D eigenvalue weighted by Crippen LogP contribution is 2.40. The Morgan fingerprint density at radius 3 is 2.57 bits per heavy atom. The first-order valence-electron chi connectivity index (χ1n) is 8.29. The van der Waals surface area contributed by atoms with Crippen LogP contribution in [0.15, 0.2) is 34.9 Å². The van der Waals surface area contributed by atoms with E-state index in [1.165, 1.54) is 12.8 Å². The second-order valence-corrected chi connectivity index (χ2v) is 7.25. The predicted octanol–water partition coefficient (Wildman–Crippen LogP) is 3.69. The summed E-state index contributed by atoms with van der Waals surface area (Å²) in [5.41, 5.74) is 1.22. The van der Waals surface area contributed by atoms with Crippen molar-refractivity contribution in [2.45, 2.75) is 43.7 Å². The highest BCUT2D eigenvalue weighted by Gasteiger charge is 2.34. The first kappa shape index (κ1) is 15.2. The SMILES string of the molecule is OC1(c2ccc(Cl)cc2)CCN(Cc2cc(C3CC3)on2)CC1. The third-order valence-electron chi connectivity index (χ3n) is 5.01. The Kier molecular flexibility index (Phi) is 3.92. The van der Waals surface area contributed by atoms with Gasteiger partial charge in [-0.1, -0.05) is 28.9 Å². The van der Waals surface area contributed by atoms with Crippen LogP contribution >= 0.6 is 11.6 Å². The molecule has 1 N–H and O–H groups in total. The molecule has 0 bridgehead atoms. The van der Waals surface area contributed by atoms with Gasteiger partial charge in [-0.05, 0) is 43.4 Å². The lowest BCUT2D eigenvalue weighted by Crippen LogP contribution is -2.42. The molecule has 1 aliphatic heterocycles. The first-order chi connectivity index (χ1) is 11.1. The highest BCUT2D eigenvalue weighted by atomic mass is 35.5. The fraction of sp³-hybridized carbons (Fsp3) is 0.500. The number of hydrogen-bond acceptors (Lipinski definition) is 4. The van der Waals surface area contributed by atoms with Crippen molar-refractivity contribution in [1.82, 2.24) is 10.1 Å². The van der Waals surface area contributed by atoms with E-state index in [1.807, 2.05) is 24.3 Å². The Morgan fingerprint density at radius 1 is 1.22 bits per heavy atom. The minimum absolute atomic E-state index is 0.604. The Hall–Kier alpha value is -1.36. The van der Waals surface area contributed by atoms with Crippen molar-refractivity contribution in [3.05, 3.63) is 52.4 Å². The van der Waals surface area contributed by atoms with Crippen LogP contribution in [-0.2, 0) is 12.1 Å². The molecule has 0 amide bonds. The van der Waals surface area contributed by atoms with Crippen LogP contribution in [0, 0.1) is 0 Å². The van der Waals surface area contributed by atoms with Crippen LogP contribution in [0.25, 0.3) is 0 Å². The number of aliphatic hydroxyl groups is 1. The van der Waals surface area contributed by atoms with Gasteiger partial charge in [-0.2, -0.15) is 0 Å². The van der Waals surface area contributed by atoms with Crippen LogP contribution in [0.4, 0.5) is 0 Å². The Morgan fingerprint density at radius 2 is 1.91 bits per heavy atom. The van der Waals surface area contributed by atoms with Gasteiger partial charge in [0.25, 0.3) is 0 Å². The normalized spacial score (nSPS) is 21.5. The molecule has 1 aliphatic carbocycles. The van der Waals surface area contributed by atoms with E-state index in [4.69, 9.17) is 16.1 Å². The van der Waals surface area contributed by atoms with Crippen molar-refractivity contribution in [2.24, 2.45) is 0 Å². The first-order valence-corrected chi connectivity index (χ1v) is 8.66. The summed E-state index contributed by atoms with van der Waals surface area (Å²) < 4.78 is 5.41. The lowest BCUT2D eigenvalue weighted by atomic mass is 9.84. The maximum absolute atomic E-state index is 10.9. The minimum atomic E-state index is -0.746. The molecule has 0 atom stereocenters. The van der Waals surface area contributed by atoms with E-state index in [2.05, 4.69) is 16.1 Å². The van der Waals surface area contributed by atoms with Gasteiger partial charge in [-0.25, -0.2) is 0 Å². The average Bonchev–Trinajstić information content (AvgIpc) is 3.30. The number of benzene rings is 1. The standard InChI is InChI=1S/C18H21ClN2O2/c19-15-5-3-14(4-6-15)18(22)7-9-21(10-8-18)12-16-11-17(23-20-16)13-1-2-13/h3-6,11,13,22H,1-2,7-10,12H2. The fourth-order valence-corrected chi connectivity index (χ4v) is 3.45. The maximum atomic E-state index is 10.9. The van der Waals surface area contributed by atoms with E-state index in [0.29, 0.717) is 10.9 Å². The Bertz CT molecular complexity index is 671. The van der Waals surface area contributed by atoms with Crippen molar-refractivity contribution in [2.75, 3.05) is 13.1 Å². The smallest absolute Gasteiger partial charge is 0.140 e. The minimum Gasteiger partial charge on any atom is -0.385 e.